The minimum absolute atomic E-state index is 0.282. The number of halogens is 1. The van der Waals surface area contributed by atoms with Gasteiger partial charge in [-0.1, -0.05) is 17.3 Å². The number of ether oxygens (including phenoxy) is 1. The lowest BCUT2D eigenvalue weighted by molar-refractivity contribution is 0.261. The Morgan fingerprint density at radius 3 is 2.91 bits per heavy atom. The van der Waals surface area contributed by atoms with Gasteiger partial charge in [0.2, 0.25) is 5.95 Å². The highest BCUT2D eigenvalue weighted by atomic mass is 19.1. The van der Waals surface area contributed by atoms with Crippen molar-refractivity contribution in [2.24, 2.45) is 0 Å². The van der Waals surface area contributed by atoms with Crippen LogP contribution in [0, 0.1) is 12.7 Å². The zero-order valence-electron chi connectivity index (χ0n) is 12.2. The van der Waals surface area contributed by atoms with E-state index in [9.17, 15) is 4.39 Å². The highest BCUT2D eigenvalue weighted by Crippen LogP contribution is 2.19. The molecule has 118 valence electrons. The van der Waals surface area contributed by atoms with E-state index in [-0.39, 0.29) is 11.8 Å². The van der Waals surface area contributed by atoms with Gasteiger partial charge in [0.25, 0.3) is 5.88 Å². The fraction of sp³-hybridized carbons (Fsp3) is 0.214. The van der Waals surface area contributed by atoms with Gasteiger partial charge in [-0.3, -0.25) is 0 Å². The molecule has 0 spiro atoms. The van der Waals surface area contributed by atoms with Gasteiger partial charge < -0.3 is 10.1 Å². The number of nitrogens with zero attached hydrogens (tertiary/aromatic N) is 5. The highest BCUT2D eigenvalue weighted by molar-refractivity contribution is 5.59. The van der Waals surface area contributed by atoms with Gasteiger partial charge in [0.15, 0.2) is 0 Å². The Labute approximate surface area is 130 Å². The molecule has 3 aromatic rings. The van der Waals surface area contributed by atoms with Crippen LogP contribution in [0.5, 0.6) is 5.88 Å². The van der Waals surface area contributed by atoms with Crippen LogP contribution in [0.25, 0.3) is 11.3 Å². The molecule has 9 heteroatoms. The van der Waals surface area contributed by atoms with E-state index in [0.717, 1.165) is 0 Å². The summed E-state index contributed by atoms with van der Waals surface area (Å²) in [7, 11) is 0. The average molecular weight is 316 g/mol. The lowest BCUT2D eigenvalue weighted by Crippen LogP contribution is -2.14. The van der Waals surface area contributed by atoms with E-state index in [0.29, 0.717) is 36.0 Å². The second-order valence-electron chi connectivity index (χ2n) is 4.58. The number of hydrogen-bond acceptors (Lipinski definition) is 8. The van der Waals surface area contributed by atoms with Gasteiger partial charge in [-0.15, -0.1) is 5.10 Å². The van der Waals surface area contributed by atoms with Gasteiger partial charge in [0.1, 0.15) is 18.1 Å². The molecule has 3 rings (SSSR count). The minimum Gasteiger partial charge on any atom is -0.472 e. The third-order valence-corrected chi connectivity index (χ3v) is 2.94. The van der Waals surface area contributed by atoms with Crippen LogP contribution in [-0.2, 0) is 0 Å². The zero-order valence-corrected chi connectivity index (χ0v) is 12.2. The molecule has 0 aliphatic rings. The van der Waals surface area contributed by atoms with Crippen LogP contribution in [0.4, 0.5) is 10.3 Å². The number of aryl methyl sites for hydroxylation is 1. The van der Waals surface area contributed by atoms with Crippen molar-refractivity contribution < 1.29 is 13.8 Å². The largest absolute Gasteiger partial charge is 0.472 e. The van der Waals surface area contributed by atoms with Gasteiger partial charge in [-0.25, -0.2) is 14.0 Å². The van der Waals surface area contributed by atoms with Crippen molar-refractivity contribution in [1.29, 1.82) is 0 Å². The molecule has 23 heavy (non-hydrogen) atoms. The first kappa shape index (κ1) is 14.8. The molecule has 0 amide bonds. The first-order chi connectivity index (χ1) is 11.2. The van der Waals surface area contributed by atoms with Crippen LogP contribution in [-0.4, -0.2) is 38.6 Å². The number of aromatic nitrogens is 5. The third kappa shape index (κ3) is 3.57. The van der Waals surface area contributed by atoms with Gasteiger partial charge in [-0.2, -0.15) is 5.10 Å². The van der Waals surface area contributed by atoms with E-state index in [2.05, 4.69) is 35.4 Å². The van der Waals surface area contributed by atoms with E-state index in [1.54, 1.807) is 25.1 Å². The quantitative estimate of drug-likeness (QED) is 0.688. The fourth-order valence-corrected chi connectivity index (χ4v) is 1.84. The maximum Gasteiger partial charge on any atom is 0.278 e. The molecule has 2 aromatic heterocycles. The summed E-state index contributed by atoms with van der Waals surface area (Å²) in [5.74, 6) is 0.256. The van der Waals surface area contributed by atoms with Crippen LogP contribution in [0.3, 0.4) is 0 Å². The second-order valence-corrected chi connectivity index (χ2v) is 4.58. The molecular weight excluding hydrogens is 303 g/mol. The molecule has 0 unspecified atom stereocenters. The Balaban J connectivity index is 1.60. The predicted molar refractivity (Wildman–Crippen MR) is 78.2 cm³/mol. The Morgan fingerprint density at radius 2 is 2.13 bits per heavy atom. The van der Waals surface area contributed by atoms with Gasteiger partial charge >= 0.3 is 0 Å². The summed E-state index contributed by atoms with van der Waals surface area (Å²) < 4.78 is 23.6. The van der Waals surface area contributed by atoms with Gasteiger partial charge in [0, 0.05) is 5.56 Å². The van der Waals surface area contributed by atoms with Crippen LogP contribution in [0.2, 0.25) is 0 Å². The molecule has 0 fully saturated rings. The molecule has 1 N–H and O–H groups in total. The standard InChI is InChI=1S/C14H13FN6O2/c1-9-13(21-23-20-9)22-7-6-16-14-18-12(8-17-19-14)10-4-2-3-5-11(10)15/h2-5,8H,6-7H2,1H3,(H,16,18,19). The Hall–Kier alpha value is -3.10. The molecule has 0 saturated heterocycles. The number of rotatable bonds is 6. The molecule has 8 nitrogen and oxygen atoms in total. The van der Waals surface area contributed by atoms with Crippen molar-refractivity contribution in [3.63, 3.8) is 0 Å². The molecule has 0 aliphatic heterocycles. The SMILES string of the molecule is Cc1nonc1OCCNc1nncc(-c2ccccc2F)n1. The van der Waals surface area contributed by atoms with Crippen molar-refractivity contribution in [3.8, 4) is 17.1 Å². The first-order valence-corrected chi connectivity index (χ1v) is 6.84. The van der Waals surface area contributed by atoms with Crippen LogP contribution in [0.1, 0.15) is 5.69 Å². The van der Waals surface area contributed by atoms with Crippen LogP contribution in [0.15, 0.2) is 35.1 Å². The summed E-state index contributed by atoms with van der Waals surface area (Å²) in [6.45, 7) is 2.45. The lowest BCUT2D eigenvalue weighted by Gasteiger charge is -2.06. The summed E-state index contributed by atoms with van der Waals surface area (Å²) in [5, 5.41) is 17.8. The normalized spacial score (nSPS) is 10.5. The third-order valence-electron chi connectivity index (χ3n) is 2.94. The van der Waals surface area contributed by atoms with Gasteiger partial charge in [-0.05, 0) is 24.2 Å². The smallest absolute Gasteiger partial charge is 0.278 e. The molecule has 0 atom stereocenters. The van der Waals surface area contributed by atoms with Crippen molar-refractivity contribution in [1.82, 2.24) is 25.5 Å². The summed E-state index contributed by atoms with van der Waals surface area (Å²) in [6, 6.07) is 6.35. The number of hydrogen-bond donors (Lipinski definition) is 1. The zero-order chi connectivity index (χ0) is 16.1. The minimum atomic E-state index is -0.365. The predicted octanol–water partition coefficient (Wildman–Crippen LogP) is 1.86. The number of nitrogens with one attached hydrogen (secondary N) is 1. The molecule has 0 saturated carbocycles. The van der Waals surface area contributed by atoms with E-state index in [1.165, 1.54) is 12.3 Å². The van der Waals surface area contributed by atoms with Crippen LogP contribution >= 0.6 is 0 Å². The van der Waals surface area contributed by atoms with E-state index >= 15 is 0 Å². The second kappa shape index (κ2) is 6.77. The molecular formula is C14H13FN6O2. The molecule has 0 radical (unpaired) electrons. The lowest BCUT2D eigenvalue weighted by atomic mass is 10.1. The van der Waals surface area contributed by atoms with E-state index in [4.69, 9.17) is 4.74 Å². The monoisotopic (exact) mass is 316 g/mol. The van der Waals surface area contributed by atoms with E-state index < -0.39 is 0 Å². The van der Waals surface area contributed by atoms with Crippen LogP contribution < -0.4 is 10.1 Å². The van der Waals surface area contributed by atoms with Crippen molar-refractivity contribution >= 4 is 5.95 Å². The number of benzene rings is 1. The number of anilines is 1. The maximum absolute atomic E-state index is 13.8. The molecule has 2 heterocycles. The van der Waals surface area contributed by atoms with Crippen molar-refractivity contribution in [2.45, 2.75) is 6.92 Å². The molecule has 1 aromatic carbocycles. The fourth-order valence-electron chi connectivity index (χ4n) is 1.84. The van der Waals surface area contributed by atoms with E-state index in [1.807, 2.05) is 0 Å². The summed E-state index contributed by atoms with van der Waals surface area (Å²) in [6.07, 6.45) is 1.41. The van der Waals surface area contributed by atoms with Crippen molar-refractivity contribution in [3.05, 3.63) is 42.0 Å². The Kier molecular flexibility index (Phi) is 4.37. The average Bonchev–Trinajstić information content (AvgIpc) is 2.97. The first-order valence-electron chi connectivity index (χ1n) is 6.84. The Morgan fingerprint density at radius 1 is 1.26 bits per heavy atom. The summed E-state index contributed by atoms with van der Waals surface area (Å²) in [5.41, 5.74) is 1.34. The maximum atomic E-state index is 13.8. The molecule has 0 bridgehead atoms. The Bertz CT molecular complexity index is 794. The topological polar surface area (TPSA) is 98.9 Å². The summed E-state index contributed by atoms with van der Waals surface area (Å²) in [4.78, 5) is 4.23. The van der Waals surface area contributed by atoms with Crippen molar-refractivity contribution in [2.75, 3.05) is 18.5 Å². The summed E-state index contributed by atoms with van der Waals surface area (Å²) >= 11 is 0. The molecule has 0 aliphatic carbocycles. The van der Waals surface area contributed by atoms with Gasteiger partial charge in [0.05, 0.1) is 18.4 Å². The highest BCUT2D eigenvalue weighted by Gasteiger charge is 2.08.